The molecule has 4 nitrogen and oxygen atoms in total. The van der Waals surface area contributed by atoms with E-state index in [-0.39, 0.29) is 0 Å². The Bertz CT molecular complexity index is 3970. The fraction of sp³-hybridized carbons (Fsp3) is 0. The second kappa shape index (κ2) is 16.1. The second-order valence-electron chi connectivity index (χ2n) is 16.9. The lowest BCUT2D eigenvalue weighted by molar-refractivity contribution is 1.07. The van der Waals surface area contributed by atoms with Crippen LogP contribution in [0.2, 0.25) is 0 Å². The zero-order chi connectivity index (χ0) is 44.3. The van der Waals surface area contributed by atoms with Gasteiger partial charge < -0.3 is 0 Å². The topological polar surface area (TPSA) is 51.6 Å². The molecule has 0 radical (unpaired) electrons. The molecule has 67 heavy (non-hydrogen) atoms. The number of benzene rings is 10. The average molecular weight is 871 g/mol. The molecular formula is C62H38N4S. The van der Waals surface area contributed by atoms with E-state index in [4.69, 9.17) is 19.9 Å². The minimum atomic E-state index is 0.621. The van der Waals surface area contributed by atoms with E-state index in [1.165, 1.54) is 64.0 Å². The Morgan fingerprint density at radius 3 is 1.19 bits per heavy atom. The summed E-state index contributed by atoms with van der Waals surface area (Å²) in [6.45, 7) is 0. The van der Waals surface area contributed by atoms with Gasteiger partial charge in [-0.25, -0.2) is 19.9 Å². The summed E-state index contributed by atoms with van der Waals surface area (Å²) in [5.74, 6) is 1.89. The molecule has 0 aliphatic rings. The third kappa shape index (κ3) is 6.75. The molecule has 0 aliphatic heterocycles. The molecule has 312 valence electrons. The van der Waals surface area contributed by atoms with Crippen molar-refractivity contribution in [2.24, 2.45) is 0 Å². The van der Waals surface area contributed by atoms with E-state index in [2.05, 4.69) is 212 Å². The first-order valence-electron chi connectivity index (χ1n) is 22.5. The maximum absolute atomic E-state index is 5.45. The normalized spacial score (nSPS) is 11.6. The van der Waals surface area contributed by atoms with Crippen LogP contribution in [-0.2, 0) is 0 Å². The summed E-state index contributed by atoms with van der Waals surface area (Å²) in [6.07, 6.45) is 0. The lowest BCUT2D eigenvalue weighted by Gasteiger charge is -2.13. The number of fused-ring (bicyclic) bond motifs is 9. The molecule has 0 spiro atoms. The summed E-state index contributed by atoms with van der Waals surface area (Å²) in [4.78, 5) is 23.3. The third-order valence-electron chi connectivity index (χ3n) is 12.9. The van der Waals surface area contributed by atoms with Crippen molar-refractivity contribution in [1.82, 2.24) is 19.9 Å². The van der Waals surface area contributed by atoms with Crippen molar-refractivity contribution in [3.8, 4) is 77.4 Å². The Hall–Kier alpha value is -8.64. The minimum absolute atomic E-state index is 0.621. The van der Waals surface area contributed by atoms with Crippen LogP contribution in [0.5, 0.6) is 0 Å². The zero-order valence-electron chi connectivity index (χ0n) is 36.1. The maximum atomic E-state index is 5.45. The second-order valence-corrected chi connectivity index (χ2v) is 17.9. The molecule has 0 amide bonds. The summed E-state index contributed by atoms with van der Waals surface area (Å²) in [6, 6.07) is 81.5. The van der Waals surface area contributed by atoms with Crippen LogP contribution in [0.3, 0.4) is 0 Å². The van der Waals surface area contributed by atoms with Gasteiger partial charge in [-0.05, 0) is 72.8 Å². The molecule has 0 unspecified atom stereocenters. The standard InChI is InChI=1S/C62H38N4S/c1-5-17-40(18-6-1)57-56-55(58(41-19-7-2-8-20-41)67-59(56)42-21-9-3-10-22-42)53-37-45(34-36-54(53)63-57)39-29-31-44(32-30-39)61-64-60(43-23-11-4-12-24-43)65-62(66-61)46-33-35-51-49-27-14-13-25-47(49)48-26-15-16-28-50(48)52(51)38-46/h1-38H. The zero-order valence-corrected chi connectivity index (χ0v) is 37.0. The van der Waals surface area contributed by atoms with E-state index in [1.54, 1.807) is 0 Å². The van der Waals surface area contributed by atoms with Crippen molar-refractivity contribution < 1.29 is 0 Å². The number of rotatable bonds is 7. The van der Waals surface area contributed by atoms with Crippen molar-refractivity contribution in [3.63, 3.8) is 0 Å². The van der Waals surface area contributed by atoms with Crippen LogP contribution in [0.1, 0.15) is 0 Å². The van der Waals surface area contributed by atoms with Gasteiger partial charge in [0, 0.05) is 48.2 Å². The number of hydrogen-bond donors (Lipinski definition) is 0. The van der Waals surface area contributed by atoms with E-state index in [9.17, 15) is 0 Å². The van der Waals surface area contributed by atoms with Gasteiger partial charge >= 0.3 is 0 Å². The van der Waals surface area contributed by atoms with E-state index in [0.717, 1.165) is 50.0 Å². The highest BCUT2D eigenvalue weighted by Crippen LogP contribution is 2.50. The quantitative estimate of drug-likeness (QED) is 0.150. The minimum Gasteiger partial charge on any atom is -0.247 e. The van der Waals surface area contributed by atoms with Gasteiger partial charge in [-0.3, -0.25) is 0 Å². The van der Waals surface area contributed by atoms with Crippen LogP contribution in [0.4, 0.5) is 0 Å². The van der Waals surface area contributed by atoms with Gasteiger partial charge in [-0.15, -0.1) is 11.3 Å². The molecule has 13 rings (SSSR count). The molecule has 0 fully saturated rings. The third-order valence-corrected chi connectivity index (χ3v) is 14.2. The van der Waals surface area contributed by atoms with Gasteiger partial charge in [-0.1, -0.05) is 212 Å². The van der Waals surface area contributed by atoms with E-state index < -0.39 is 0 Å². The van der Waals surface area contributed by atoms with Crippen molar-refractivity contribution >= 4 is 65.3 Å². The van der Waals surface area contributed by atoms with Gasteiger partial charge in [0.2, 0.25) is 0 Å². The predicted molar refractivity (Wildman–Crippen MR) is 281 cm³/mol. The van der Waals surface area contributed by atoms with Gasteiger partial charge in [0.1, 0.15) is 0 Å². The van der Waals surface area contributed by atoms with Gasteiger partial charge in [0.05, 0.1) is 11.2 Å². The van der Waals surface area contributed by atoms with E-state index in [1.807, 2.05) is 29.5 Å². The monoisotopic (exact) mass is 870 g/mol. The lowest BCUT2D eigenvalue weighted by atomic mass is 9.93. The van der Waals surface area contributed by atoms with Gasteiger partial charge in [0.25, 0.3) is 0 Å². The molecule has 0 N–H and O–H groups in total. The lowest BCUT2D eigenvalue weighted by Crippen LogP contribution is -2.00. The molecule has 3 aromatic heterocycles. The Balaban J connectivity index is 0.955. The number of pyridine rings is 1. The van der Waals surface area contributed by atoms with Gasteiger partial charge in [-0.2, -0.15) is 0 Å². The highest BCUT2D eigenvalue weighted by atomic mass is 32.1. The summed E-state index contributed by atoms with van der Waals surface area (Å²) in [7, 11) is 0. The molecule has 13 aromatic rings. The Kier molecular flexibility index (Phi) is 9.32. The maximum Gasteiger partial charge on any atom is 0.164 e. The highest BCUT2D eigenvalue weighted by molar-refractivity contribution is 7.21. The Morgan fingerprint density at radius 2 is 0.627 bits per heavy atom. The molecule has 0 saturated heterocycles. The van der Waals surface area contributed by atoms with Crippen molar-refractivity contribution in [2.45, 2.75) is 0 Å². The first-order chi connectivity index (χ1) is 33.2. The fourth-order valence-corrected chi connectivity index (χ4v) is 11.0. The van der Waals surface area contributed by atoms with Crippen LogP contribution >= 0.6 is 11.3 Å². The van der Waals surface area contributed by atoms with E-state index >= 15 is 0 Å². The largest absolute Gasteiger partial charge is 0.247 e. The number of thiophene rings is 1. The molecule has 10 aromatic carbocycles. The summed E-state index contributed by atoms with van der Waals surface area (Å²) < 4.78 is 0. The molecule has 0 aliphatic carbocycles. The molecule has 5 heteroatoms. The first kappa shape index (κ1) is 38.8. The van der Waals surface area contributed by atoms with Crippen LogP contribution in [0.25, 0.3) is 131 Å². The number of nitrogens with zero attached hydrogens (tertiary/aromatic N) is 4. The summed E-state index contributed by atoms with van der Waals surface area (Å²) in [5, 5.41) is 10.8. The van der Waals surface area contributed by atoms with Crippen LogP contribution < -0.4 is 0 Å². The SMILES string of the molecule is c1ccc(-c2nc(-c3ccc(-c4ccc5nc(-c6ccccc6)c6c(-c7ccccc7)sc(-c7ccccc7)c6c5c4)cc3)nc(-c3ccc4c5ccccc5c5ccccc5c4c3)n2)cc1. The molecular weight excluding hydrogens is 833 g/mol. The smallest absolute Gasteiger partial charge is 0.164 e. The highest BCUT2D eigenvalue weighted by Gasteiger charge is 2.23. The van der Waals surface area contributed by atoms with Crippen molar-refractivity contribution in [3.05, 3.63) is 231 Å². The summed E-state index contributed by atoms with van der Waals surface area (Å²) >= 11 is 1.84. The predicted octanol–water partition coefficient (Wildman–Crippen LogP) is 16.8. The van der Waals surface area contributed by atoms with Crippen LogP contribution in [-0.4, -0.2) is 19.9 Å². The molecule has 0 saturated carbocycles. The van der Waals surface area contributed by atoms with Gasteiger partial charge in [0.15, 0.2) is 17.5 Å². The molecule has 3 heterocycles. The first-order valence-corrected chi connectivity index (χ1v) is 23.4. The Labute approximate surface area is 391 Å². The average Bonchev–Trinajstić information content (AvgIpc) is 3.83. The number of aromatic nitrogens is 4. The number of hydrogen-bond acceptors (Lipinski definition) is 5. The summed E-state index contributed by atoms with van der Waals surface area (Å²) in [5.41, 5.74) is 10.4. The molecule has 0 atom stereocenters. The van der Waals surface area contributed by atoms with Crippen LogP contribution in [0.15, 0.2) is 231 Å². The molecule has 0 bridgehead atoms. The fourth-order valence-electron chi connectivity index (χ4n) is 9.70. The van der Waals surface area contributed by atoms with Crippen LogP contribution in [0, 0.1) is 0 Å². The van der Waals surface area contributed by atoms with Crippen molar-refractivity contribution in [1.29, 1.82) is 0 Å². The van der Waals surface area contributed by atoms with Crippen molar-refractivity contribution in [2.75, 3.05) is 0 Å². The van der Waals surface area contributed by atoms with E-state index in [0.29, 0.717) is 17.5 Å². The Morgan fingerprint density at radius 1 is 0.239 bits per heavy atom.